The third-order valence-corrected chi connectivity index (χ3v) is 2.10. The molecule has 0 aliphatic carbocycles. The Kier molecular flexibility index (Phi) is 4.00. The Balaban J connectivity index is 2.87. The highest BCUT2D eigenvalue weighted by Crippen LogP contribution is 2.22. The van der Waals surface area contributed by atoms with Crippen molar-refractivity contribution in [2.45, 2.75) is 6.04 Å². The first-order valence-corrected chi connectivity index (χ1v) is 4.59. The van der Waals surface area contributed by atoms with Gasteiger partial charge in [0.05, 0.1) is 12.6 Å². The zero-order valence-corrected chi connectivity index (χ0v) is 8.77. The fourth-order valence-corrected chi connectivity index (χ4v) is 1.61. The molecule has 0 amide bonds. The van der Waals surface area contributed by atoms with Crippen LogP contribution in [0.5, 0.6) is 0 Å². The summed E-state index contributed by atoms with van der Waals surface area (Å²) in [4.78, 5) is 0. The number of nitrogens with two attached hydrogens (primary N) is 1. The number of benzene rings is 1. The van der Waals surface area contributed by atoms with Gasteiger partial charge >= 0.3 is 0 Å². The van der Waals surface area contributed by atoms with Crippen LogP contribution in [-0.2, 0) is 4.74 Å². The molecule has 0 saturated heterocycles. The average molecular weight is 220 g/mol. The zero-order chi connectivity index (χ0) is 9.84. The van der Waals surface area contributed by atoms with E-state index < -0.39 is 0 Å². The molecule has 2 N–H and O–H groups in total. The zero-order valence-electron chi connectivity index (χ0n) is 7.26. The smallest absolute Gasteiger partial charge is 0.0655 e. The summed E-state index contributed by atoms with van der Waals surface area (Å²) in [6.07, 6.45) is 0. The van der Waals surface area contributed by atoms with E-state index >= 15 is 0 Å². The Morgan fingerprint density at radius 3 is 2.31 bits per heavy atom. The second-order valence-electron chi connectivity index (χ2n) is 2.76. The van der Waals surface area contributed by atoms with E-state index in [-0.39, 0.29) is 6.04 Å². The standard InChI is InChI=1S/C9H11Cl2NO/c1-13-5-9(12)6-2-7(10)4-8(11)3-6/h2-4,9H,5,12H2,1H3. The van der Waals surface area contributed by atoms with Crippen LogP contribution in [-0.4, -0.2) is 13.7 Å². The summed E-state index contributed by atoms with van der Waals surface area (Å²) < 4.78 is 4.93. The molecule has 1 aromatic rings. The Labute approximate surface area is 87.6 Å². The number of halogens is 2. The topological polar surface area (TPSA) is 35.2 Å². The van der Waals surface area contributed by atoms with Gasteiger partial charge in [-0.2, -0.15) is 0 Å². The fourth-order valence-electron chi connectivity index (χ4n) is 1.07. The normalized spacial score (nSPS) is 12.9. The summed E-state index contributed by atoms with van der Waals surface area (Å²) in [7, 11) is 1.60. The summed E-state index contributed by atoms with van der Waals surface area (Å²) in [5, 5.41) is 1.18. The predicted molar refractivity (Wildman–Crippen MR) is 55.3 cm³/mol. The highest BCUT2D eigenvalue weighted by Gasteiger charge is 2.06. The van der Waals surface area contributed by atoms with E-state index in [0.29, 0.717) is 16.7 Å². The summed E-state index contributed by atoms with van der Waals surface area (Å²) in [6, 6.07) is 5.07. The number of hydrogen-bond acceptors (Lipinski definition) is 2. The first kappa shape index (κ1) is 10.8. The quantitative estimate of drug-likeness (QED) is 0.849. The van der Waals surface area contributed by atoms with Gasteiger partial charge in [-0.3, -0.25) is 0 Å². The van der Waals surface area contributed by atoms with Gasteiger partial charge in [0.2, 0.25) is 0 Å². The number of methoxy groups -OCH3 is 1. The Morgan fingerprint density at radius 2 is 1.85 bits per heavy atom. The van der Waals surface area contributed by atoms with Crippen molar-refractivity contribution in [3.63, 3.8) is 0 Å². The van der Waals surface area contributed by atoms with Crippen molar-refractivity contribution < 1.29 is 4.74 Å². The molecule has 1 unspecified atom stereocenters. The summed E-state index contributed by atoms with van der Waals surface area (Å²) in [6.45, 7) is 0.455. The summed E-state index contributed by atoms with van der Waals surface area (Å²) in [5.74, 6) is 0. The van der Waals surface area contributed by atoms with E-state index in [1.165, 1.54) is 0 Å². The third-order valence-electron chi connectivity index (χ3n) is 1.66. The number of rotatable bonds is 3. The maximum atomic E-state index is 5.81. The number of hydrogen-bond donors (Lipinski definition) is 1. The lowest BCUT2D eigenvalue weighted by Crippen LogP contribution is -2.15. The van der Waals surface area contributed by atoms with Gasteiger partial charge in [-0.1, -0.05) is 23.2 Å². The van der Waals surface area contributed by atoms with Crippen LogP contribution in [0.2, 0.25) is 10.0 Å². The number of ether oxygens (including phenoxy) is 1. The van der Waals surface area contributed by atoms with E-state index in [2.05, 4.69) is 0 Å². The van der Waals surface area contributed by atoms with Crippen molar-refractivity contribution in [3.05, 3.63) is 33.8 Å². The van der Waals surface area contributed by atoms with Gasteiger partial charge in [0, 0.05) is 17.2 Å². The van der Waals surface area contributed by atoms with Crippen molar-refractivity contribution in [2.75, 3.05) is 13.7 Å². The van der Waals surface area contributed by atoms with Crippen LogP contribution >= 0.6 is 23.2 Å². The molecule has 0 aromatic heterocycles. The van der Waals surface area contributed by atoms with Crippen molar-refractivity contribution in [1.29, 1.82) is 0 Å². The Hall–Kier alpha value is -0.280. The predicted octanol–water partition coefficient (Wildman–Crippen LogP) is 2.64. The van der Waals surface area contributed by atoms with E-state index in [0.717, 1.165) is 5.56 Å². The van der Waals surface area contributed by atoms with E-state index in [9.17, 15) is 0 Å². The van der Waals surface area contributed by atoms with Gasteiger partial charge < -0.3 is 10.5 Å². The maximum absolute atomic E-state index is 5.81. The molecule has 0 aliphatic rings. The van der Waals surface area contributed by atoms with Gasteiger partial charge in [-0.15, -0.1) is 0 Å². The molecule has 0 radical (unpaired) electrons. The molecule has 0 saturated carbocycles. The Morgan fingerprint density at radius 1 is 1.31 bits per heavy atom. The van der Waals surface area contributed by atoms with Crippen molar-refractivity contribution in [3.8, 4) is 0 Å². The molecule has 1 rings (SSSR count). The maximum Gasteiger partial charge on any atom is 0.0655 e. The first-order chi connectivity index (χ1) is 6.13. The van der Waals surface area contributed by atoms with Crippen molar-refractivity contribution in [2.24, 2.45) is 5.73 Å². The average Bonchev–Trinajstić information content (AvgIpc) is 2.03. The van der Waals surface area contributed by atoms with Crippen LogP contribution in [0.3, 0.4) is 0 Å². The van der Waals surface area contributed by atoms with Crippen LogP contribution in [0.25, 0.3) is 0 Å². The minimum Gasteiger partial charge on any atom is -0.383 e. The minimum atomic E-state index is -0.179. The molecular weight excluding hydrogens is 209 g/mol. The molecule has 72 valence electrons. The molecule has 1 atom stereocenters. The lowest BCUT2D eigenvalue weighted by molar-refractivity contribution is 0.181. The second-order valence-corrected chi connectivity index (χ2v) is 3.64. The fraction of sp³-hybridized carbons (Fsp3) is 0.333. The molecule has 4 heteroatoms. The van der Waals surface area contributed by atoms with E-state index in [1.807, 2.05) is 0 Å². The van der Waals surface area contributed by atoms with Crippen LogP contribution < -0.4 is 5.73 Å². The van der Waals surface area contributed by atoms with Crippen molar-refractivity contribution in [1.82, 2.24) is 0 Å². The molecule has 0 heterocycles. The van der Waals surface area contributed by atoms with E-state index in [1.54, 1.807) is 25.3 Å². The van der Waals surface area contributed by atoms with Crippen LogP contribution in [0, 0.1) is 0 Å². The molecule has 2 nitrogen and oxygen atoms in total. The van der Waals surface area contributed by atoms with Gasteiger partial charge in [0.25, 0.3) is 0 Å². The first-order valence-electron chi connectivity index (χ1n) is 3.84. The van der Waals surface area contributed by atoms with Gasteiger partial charge in [0.15, 0.2) is 0 Å². The monoisotopic (exact) mass is 219 g/mol. The highest BCUT2D eigenvalue weighted by molar-refractivity contribution is 6.34. The molecule has 0 spiro atoms. The lowest BCUT2D eigenvalue weighted by atomic mass is 10.1. The molecular formula is C9H11Cl2NO. The molecule has 0 bridgehead atoms. The van der Waals surface area contributed by atoms with Crippen molar-refractivity contribution >= 4 is 23.2 Å². The molecule has 0 fully saturated rings. The SMILES string of the molecule is COCC(N)c1cc(Cl)cc(Cl)c1. The second kappa shape index (κ2) is 4.82. The Bertz CT molecular complexity index is 271. The van der Waals surface area contributed by atoms with Crippen LogP contribution in [0.4, 0.5) is 0 Å². The molecule has 13 heavy (non-hydrogen) atoms. The molecule has 0 aliphatic heterocycles. The van der Waals surface area contributed by atoms with E-state index in [4.69, 9.17) is 33.7 Å². The summed E-state index contributed by atoms with van der Waals surface area (Å²) in [5.41, 5.74) is 6.69. The van der Waals surface area contributed by atoms with Gasteiger partial charge in [-0.25, -0.2) is 0 Å². The third kappa shape index (κ3) is 3.16. The van der Waals surface area contributed by atoms with Gasteiger partial charge in [-0.05, 0) is 23.8 Å². The highest BCUT2D eigenvalue weighted by atomic mass is 35.5. The molecule has 1 aromatic carbocycles. The summed E-state index contributed by atoms with van der Waals surface area (Å²) >= 11 is 11.6. The van der Waals surface area contributed by atoms with Gasteiger partial charge in [0.1, 0.15) is 0 Å². The minimum absolute atomic E-state index is 0.179. The van der Waals surface area contributed by atoms with Crippen LogP contribution in [0.15, 0.2) is 18.2 Å². The largest absolute Gasteiger partial charge is 0.383 e. The van der Waals surface area contributed by atoms with Crippen LogP contribution in [0.1, 0.15) is 11.6 Å². The lowest BCUT2D eigenvalue weighted by Gasteiger charge is -2.11.